The fraction of sp³-hybridized carbons (Fsp3) is 0.286. The summed E-state index contributed by atoms with van der Waals surface area (Å²) in [5, 5.41) is 3.58. The van der Waals surface area contributed by atoms with Crippen LogP contribution >= 0.6 is 0 Å². The summed E-state index contributed by atoms with van der Waals surface area (Å²) in [5.74, 6) is 0. The minimum absolute atomic E-state index is 0.670. The van der Waals surface area contributed by atoms with Crippen molar-refractivity contribution in [2.75, 3.05) is 11.1 Å². The van der Waals surface area contributed by atoms with E-state index in [2.05, 4.69) is 10.3 Å². The van der Waals surface area contributed by atoms with Crippen molar-refractivity contribution < 1.29 is 4.79 Å². The lowest BCUT2D eigenvalue weighted by Gasteiger charge is -2.18. The first-order valence-electron chi connectivity index (χ1n) is 6.21. The molecule has 1 aromatic heterocycles. The molecule has 92 valence electrons. The fourth-order valence-corrected chi connectivity index (χ4v) is 2.62. The number of nitrogens with zero attached hydrogens (tertiary/aromatic N) is 1. The smallest absolute Gasteiger partial charge is 0.211 e. The molecule has 0 bridgehead atoms. The molecule has 2 aromatic rings. The molecule has 1 aliphatic carbocycles. The predicted molar refractivity (Wildman–Crippen MR) is 72.5 cm³/mol. The van der Waals surface area contributed by atoms with Crippen LogP contribution in [0.4, 0.5) is 11.4 Å². The summed E-state index contributed by atoms with van der Waals surface area (Å²) in [4.78, 5) is 15.2. The van der Waals surface area contributed by atoms with Crippen LogP contribution in [0.3, 0.4) is 0 Å². The summed E-state index contributed by atoms with van der Waals surface area (Å²) >= 11 is 0. The molecule has 1 amide bonds. The summed E-state index contributed by atoms with van der Waals surface area (Å²) in [7, 11) is 0. The third kappa shape index (κ3) is 1.70. The number of fused-ring (bicyclic) bond motifs is 2. The van der Waals surface area contributed by atoms with Gasteiger partial charge in [-0.05, 0) is 49.4 Å². The van der Waals surface area contributed by atoms with E-state index in [1.54, 1.807) is 0 Å². The molecule has 0 unspecified atom stereocenters. The van der Waals surface area contributed by atoms with Gasteiger partial charge in [-0.1, -0.05) is 0 Å². The van der Waals surface area contributed by atoms with Crippen molar-refractivity contribution in [3.05, 3.63) is 29.5 Å². The Morgan fingerprint density at radius 3 is 2.94 bits per heavy atom. The second-order valence-electron chi connectivity index (χ2n) is 4.65. The van der Waals surface area contributed by atoms with Crippen molar-refractivity contribution in [3.8, 4) is 0 Å². The highest BCUT2D eigenvalue weighted by Crippen LogP contribution is 2.32. The molecule has 18 heavy (non-hydrogen) atoms. The number of hydrogen-bond donors (Lipinski definition) is 2. The average Bonchev–Trinajstić information content (AvgIpc) is 2.40. The van der Waals surface area contributed by atoms with Gasteiger partial charge in [0.2, 0.25) is 6.41 Å². The van der Waals surface area contributed by atoms with Gasteiger partial charge in [0.25, 0.3) is 0 Å². The molecule has 1 aromatic carbocycles. The number of anilines is 2. The van der Waals surface area contributed by atoms with Crippen molar-refractivity contribution in [1.29, 1.82) is 0 Å². The molecule has 3 N–H and O–H groups in total. The van der Waals surface area contributed by atoms with Gasteiger partial charge >= 0.3 is 0 Å². The highest BCUT2D eigenvalue weighted by Gasteiger charge is 2.16. The number of rotatable bonds is 2. The van der Waals surface area contributed by atoms with Crippen LogP contribution in [0.1, 0.15) is 24.1 Å². The molecular formula is C14H15N3O. The van der Waals surface area contributed by atoms with Crippen LogP contribution in [0.2, 0.25) is 0 Å². The zero-order valence-electron chi connectivity index (χ0n) is 10.1. The lowest BCUT2D eigenvalue weighted by molar-refractivity contribution is -0.105. The number of nitrogens with one attached hydrogen (secondary N) is 1. The number of benzene rings is 1. The third-order valence-electron chi connectivity index (χ3n) is 3.53. The van der Waals surface area contributed by atoms with Crippen molar-refractivity contribution in [2.45, 2.75) is 25.7 Å². The maximum Gasteiger partial charge on any atom is 0.211 e. The molecule has 1 aliphatic rings. The molecule has 0 saturated carbocycles. The van der Waals surface area contributed by atoms with Crippen molar-refractivity contribution in [2.24, 2.45) is 0 Å². The predicted octanol–water partition coefficient (Wildman–Crippen LogP) is 2.26. The Morgan fingerprint density at radius 2 is 2.11 bits per heavy atom. The number of carbonyl (C=O) groups is 1. The van der Waals surface area contributed by atoms with Crippen molar-refractivity contribution >= 4 is 28.7 Å². The van der Waals surface area contributed by atoms with Gasteiger partial charge in [-0.25, -0.2) is 0 Å². The Bertz CT molecular complexity index is 622. The third-order valence-corrected chi connectivity index (χ3v) is 3.53. The molecule has 0 spiro atoms. The average molecular weight is 241 g/mol. The van der Waals surface area contributed by atoms with E-state index in [4.69, 9.17) is 5.73 Å². The van der Waals surface area contributed by atoms with Crippen LogP contribution in [0.25, 0.3) is 10.9 Å². The Labute approximate surface area is 105 Å². The van der Waals surface area contributed by atoms with Crippen LogP contribution < -0.4 is 11.1 Å². The van der Waals surface area contributed by atoms with Crippen LogP contribution in [0, 0.1) is 0 Å². The lowest BCUT2D eigenvalue weighted by Crippen LogP contribution is -2.09. The van der Waals surface area contributed by atoms with Gasteiger partial charge < -0.3 is 11.1 Å². The Hall–Kier alpha value is -2.10. The van der Waals surface area contributed by atoms with Gasteiger partial charge in [0.1, 0.15) is 0 Å². The summed E-state index contributed by atoms with van der Waals surface area (Å²) in [6.07, 6.45) is 5.06. The zero-order valence-corrected chi connectivity index (χ0v) is 10.1. The summed E-state index contributed by atoms with van der Waals surface area (Å²) < 4.78 is 0. The molecule has 1 heterocycles. The first-order valence-corrected chi connectivity index (χ1v) is 6.21. The van der Waals surface area contributed by atoms with E-state index in [1.807, 2.05) is 18.2 Å². The number of carbonyl (C=O) groups excluding carboxylic acids is 1. The van der Waals surface area contributed by atoms with E-state index in [0.717, 1.165) is 40.8 Å². The monoisotopic (exact) mass is 241 g/mol. The molecule has 4 heteroatoms. The molecule has 0 aliphatic heterocycles. The number of amides is 1. The summed E-state index contributed by atoms with van der Waals surface area (Å²) in [5.41, 5.74) is 11.1. The molecule has 0 saturated heterocycles. The quantitative estimate of drug-likeness (QED) is 0.792. The van der Waals surface area contributed by atoms with Gasteiger partial charge in [0.15, 0.2) is 0 Å². The lowest BCUT2D eigenvalue weighted by atomic mass is 9.93. The van der Waals surface area contributed by atoms with E-state index >= 15 is 0 Å². The molecule has 0 fully saturated rings. The van der Waals surface area contributed by atoms with E-state index in [9.17, 15) is 4.79 Å². The first kappa shape index (κ1) is 11.0. The minimum atomic E-state index is 0.670. The van der Waals surface area contributed by atoms with Gasteiger partial charge in [-0.2, -0.15) is 0 Å². The SMILES string of the molecule is Nc1c2c(nc3ccc(NC=O)cc13)CCCC2. The largest absolute Gasteiger partial charge is 0.398 e. The molecule has 3 rings (SSSR count). The highest BCUT2D eigenvalue weighted by molar-refractivity contribution is 5.95. The number of hydrogen-bond acceptors (Lipinski definition) is 3. The summed E-state index contributed by atoms with van der Waals surface area (Å²) in [6, 6.07) is 5.64. The van der Waals surface area contributed by atoms with E-state index in [1.165, 1.54) is 18.4 Å². The molecule has 4 nitrogen and oxygen atoms in total. The molecule has 0 atom stereocenters. The number of aryl methyl sites for hydroxylation is 1. The van der Waals surface area contributed by atoms with Gasteiger partial charge in [-0.15, -0.1) is 0 Å². The molecule has 0 radical (unpaired) electrons. The highest BCUT2D eigenvalue weighted by atomic mass is 16.1. The number of aromatic nitrogens is 1. The zero-order chi connectivity index (χ0) is 12.5. The first-order chi connectivity index (χ1) is 8.79. The van der Waals surface area contributed by atoms with Crippen LogP contribution in [-0.4, -0.2) is 11.4 Å². The van der Waals surface area contributed by atoms with Gasteiger partial charge in [0.05, 0.1) is 5.52 Å². The van der Waals surface area contributed by atoms with Crippen LogP contribution in [-0.2, 0) is 17.6 Å². The normalized spacial score (nSPS) is 14.2. The number of nitrogens with two attached hydrogens (primary N) is 1. The standard InChI is InChI=1S/C14H15N3O/c15-14-10-3-1-2-4-12(10)17-13-6-5-9(16-8-18)7-11(13)14/h5-8H,1-4H2,(H2,15,17)(H,16,18). The minimum Gasteiger partial charge on any atom is -0.398 e. The Morgan fingerprint density at radius 1 is 1.28 bits per heavy atom. The molecular weight excluding hydrogens is 226 g/mol. The Kier molecular flexibility index (Phi) is 2.63. The van der Waals surface area contributed by atoms with Gasteiger partial charge in [0, 0.05) is 22.5 Å². The second-order valence-corrected chi connectivity index (χ2v) is 4.65. The Balaban J connectivity index is 2.22. The summed E-state index contributed by atoms with van der Waals surface area (Å²) in [6.45, 7) is 0. The maximum atomic E-state index is 10.5. The van der Waals surface area contributed by atoms with E-state index in [-0.39, 0.29) is 0 Å². The fourth-order valence-electron chi connectivity index (χ4n) is 2.62. The van der Waals surface area contributed by atoms with Crippen LogP contribution in [0.15, 0.2) is 18.2 Å². The number of pyridine rings is 1. The van der Waals surface area contributed by atoms with Crippen LogP contribution in [0.5, 0.6) is 0 Å². The maximum absolute atomic E-state index is 10.5. The number of nitrogen functional groups attached to an aromatic ring is 1. The van der Waals surface area contributed by atoms with Crippen molar-refractivity contribution in [3.63, 3.8) is 0 Å². The van der Waals surface area contributed by atoms with E-state index in [0.29, 0.717) is 6.41 Å². The second kappa shape index (κ2) is 4.29. The van der Waals surface area contributed by atoms with E-state index < -0.39 is 0 Å². The van der Waals surface area contributed by atoms with Crippen molar-refractivity contribution in [1.82, 2.24) is 4.98 Å². The topological polar surface area (TPSA) is 68.0 Å². The van der Waals surface area contributed by atoms with Gasteiger partial charge in [-0.3, -0.25) is 9.78 Å².